The SMILES string of the molecule is COc1cc2c(c(OC3OC(CO)C(O)C(O)C3O)c1OC)-c1ccc(SC)c(=O)cc1[C@@H](NC(C)=O)CC2. The van der Waals surface area contributed by atoms with E-state index in [1.165, 1.54) is 39.0 Å². The van der Waals surface area contributed by atoms with Crippen LogP contribution in [-0.2, 0) is 16.0 Å². The molecule has 2 aromatic carbocycles. The molecule has 0 saturated carbocycles. The van der Waals surface area contributed by atoms with Gasteiger partial charge in [0.15, 0.2) is 16.9 Å². The van der Waals surface area contributed by atoms with Crippen molar-refractivity contribution in [3.8, 4) is 28.4 Å². The summed E-state index contributed by atoms with van der Waals surface area (Å²) in [6.45, 7) is 0.782. The van der Waals surface area contributed by atoms with Gasteiger partial charge in [0.25, 0.3) is 0 Å². The number of thioether (sulfide) groups is 1. The summed E-state index contributed by atoms with van der Waals surface area (Å²) in [6, 6.07) is 6.27. The topological polar surface area (TPSA) is 164 Å². The van der Waals surface area contributed by atoms with Crippen LogP contribution in [-0.4, -0.2) is 84.1 Å². The normalized spacial score (nSPS) is 26.1. The molecule has 11 nitrogen and oxygen atoms in total. The fourth-order valence-corrected chi connectivity index (χ4v) is 5.52. The molecule has 5 N–H and O–H groups in total. The minimum Gasteiger partial charge on any atom is -0.493 e. The second-order valence-electron chi connectivity index (χ2n) is 9.36. The molecule has 12 heteroatoms. The van der Waals surface area contributed by atoms with Gasteiger partial charge in [0.2, 0.25) is 17.9 Å². The molecule has 1 heterocycles. The lowest BCUT2D eigenvalue weighted by Gasteiger charge is -2.40. The van der Waals surface area contributed by atoms with E-state index >= 15 is 0 Å². The van der Waals surface area contributed by atoms with Crippen LogP contribution in [0.5, 0.6) is 17.2 Å². The van der Waals surface area contributed by atoms with E-state index in [1.807, 2.05) is 0 Å². The smallest absolute Gasteiger partial charge is 0.229 e. The number of carbonyl (C=O) groups is 1. The van der Waals surface area contributed by atoms with Crippen LogP contribution in [0.15, 0.2) is 34.0 Å². The first kappa shape index (κ1) is 29.1. The van der Waals surface area contributed by atoms with Gasteiger partial charge in [-0.15, -0.1) is 11.8 Å². The number of amides is 1. The van der Waals surface area contributed by atoms with Crippen molar-refractivity contribution < 1.29 is 44.2 Å². The molecular formula is C27H33NO10S. The van der Waals surface area contributed by atoms with Crippen LogP contribution in [0.3, 0.4) is 0 Å². The van der Waals surface area contributed by atoms with E-state index in [4.69, 9.17) is 18.9 Å². The third-order valence-corrected chi connectivity index (χ3v) is 7.75. The molecule has 212 valence electrons. The maximum atomic E-state index is 13.0. The van der Waals surface area contributed by atoms with Crippen LogP contribution in [0.25, 0.3) is 11.1 Å². The second kappa shape index (κ2) is 12.1. The summed E-state index contributed by atoms with van der Waals surface area (Å²) < 4.78 is 23.1. The minimum atomic E-state index is -1.67. The lowest BCUT2D eigenvalue weighted by Crippen LogP contribution is -2.60. The van der Waals surface area contributed by atoms with Crippen LogP contribution in [0.1, 0.15) is 30.5 Å². The number of carbonyl (C=O) groups excluding carboxylic acids is 1. The number of aliphatic hydroxyl groups is 4. The Bertz CT molecular complexity index is 1290. The summed E-state index contributed by atoms with van der Waals surface area (Å²) in [5, 5.41) is 43.9. The van der Waals surface area contributed by atoms with E-state index in [0.29, 0.717) is 40.2 Å². The highest BCUT2D eigenvalue weighted by Crippen LogP contribution is 2.51. The summed E-state index contributed by atoms with van der Waals surface area (Å²) >= 11 is 1.30. The highest BCUT2D eigenvalue weighted by molar-refractivity contribution is 7.98. The number of nitrogens with one attached hydrogen (secondary N) is 1. The third-order valence-electron chi connectivity index (χ3n) is 6.98. The molecule has 4 rings (SSSR count). The molecule has 1 aliphatic heterocycles. The number of methoxy groups -OCH3 is 2. The van der Waals surface area contributed by atoms with Gasteiger partial charge in [-0.05, 0) is 54.0 Å². The molecule has 6 atom stereocenters. The average molecular weight is 564 g/mol. The number of fused-ring (bicyclic) bond motifs is 3. The van der Waals surface area contributed by atoms with E-state index in [-0.39, 0.29) is 22.8 Å². The fraction of sp³-hybridized carbons (Fsp3) is 0.481. The number of benzene rings is 1. The molecular weight excluding hydrogens is 530 g/mol. The lowest BCUT2D eigenvalue weighted by atomic mass is 9.95. The quantitative estimate of drug-likeness (QED) is 0.302. The van der Waals surface area contributed by atoms with E-state index in [0.717, 1.165) is 5.56 Å². The van der Waals surface area contributed by atoms with Gasteiger partial charge in [0, 0.05) is 12.5 Å². The standard InChI is InChI=1S/C27H33NO10S/c1-12(30)28-16-7-5-13-9-18(35-2)25(36-3)26(38-27-24(34)23(33)22(32)19(11-29)37-27)21(13)14-6-8-20(39-4)17(31)10-15(14)16/h6,8-10,16,19,22-24,27,29,32-34H,5,7,11H2,1-4H3,(H,28,30)/t16-,19?,22?,23?,24?,27?/m0/s1. The Morgan fingerprint density at radius 2 is 1.85 bits per heavy atom. The highest BCUT2D eigenvalue weighted by atomic mass is 32.2. The van der Waals surface area contributed by atoms with Crippen molar-refractivity contribution in [2.75, 3.05) is 27.1 Å². The minimum absolute atomic E-state index is 0.102. The molecule has 0 aromatic heterocycles. The number of rotatable bonds is 7. The van der Waals surface area contributed by atoms with Crippen LogP contribution in [0.2, 0.25) is 0 Å². The maximum absolute atomic E-state index is 13.0. The van der Waals surface area contributed by atoms with Gasteiger partial charge in [-0.3, -0.25) is 9.59 Å². The van der Waals surface area contributed by atoms with Crippen molar-refractivity contribution in [1.29, 1.82) is 0 Å². The number of hydrogen-bond acceptors (Lipinski definition) is 11. The molecule has 2 aromatic rings. The monoisotopic (exact) mass is 563 g/mol. The van der Waals surface area contributed by atoms with Crippen LogP contribution in [0, 0.1) is 0 Å². The molecule has 1 amide bonds. The van der Waals surface area contributed by atoms with Crippen molar-refractivity contribution in [1.82, 2.24) is 5.32 Å². The van der Waals surface area contributed by atoms with Crippen molar-refractivity contribution in [2.45, 2.75) is 61.4 Å². The van der Waals surface area contributed by atoms with Crippen LogP contribution >= 0.6 is 11.8 Å². The largest absolute Gasteiger partial charge is 0.493 e. The first-order valence-corrected chi connectivity index (χ1v) is 13.6. The molecule has 39 heavy (non-hydrogen) atoms. The number of aryl methyl sites for hydroxylation is 1. The van der Waals surface area contributed by atoms with E-state index in [9.17, 15) is 30.0 Å². The highest BCUT2D eigenvalue weighted by Gasteiger charge is 2.45. The van der Waals surface area contributed by atoms with E-state index < -0.39 is 43.4 Å². The average Bonchev–Trinajstić information content (AvgIpc) is 3.16. The Balaban J connectivity index is 1.99. The summed E-state index contributed by atoms with van der Waals surface area (Å²) in [4.78, 5) is 25.7. The molecule has 0 radical (unpaired) electrons. The molecule has 5 unspecified atom stereocenters. The number of aliphatic hydroxyl groups excluding tert-OH is 4. The van der Waals surface area contributed by atoms with Gasteiger partial charge < -0.3 is 44.7 Å². The van der Waals surface area contributed by atoms with Crippen LogP contribution < -0.4 is 25.0 Å². The predicted molar refractivity (Wildman–Crippen MR) is 142 cm³/mol. The fourth-order valence-electron chi connectivity index (χ4n) is 5.06. The summed E-state index contributed by atoms with van der Waals surface area (Å²) in [6.07, 6.45) is -4.87. The van der Waals surface area contributed by atoms with Crippen molar-refractivity contribution in [3.05, 3.63) is 45.6 Å². The predicted octanol–water partition coefficient (Wildman–Crippen LogP) is 0.755. The van der Waals surface area contributed by atoms with E-state index in [2.05, 4.69) is 5.32 Å². The zero-order chi connectivity index (χ0) is 28.4. The van der Waals surface area contributed by atoms with Gasteiger partial charge >= 0.3 is 0 Å². The maximum Gasteiger partial charge on any atom is 0.229 e. The van der Waals surface area contributed by atoms with Crippen LogP contribution in [0.4, 0.5) is 0 Å². The Hall–Kier alpha value is -2.87. The molecule has 0 bridgehead atoms. The lowest BCUT2D eigenvalue weighted by molar-refractivity contribution is -0.277. The Labute approximate surface area is 229 Å². The van der Waals surface area contributed by atoms with Gasteiger partial charge in [-0.25, -0.2) is 0 Å². The first-order valence-electron chi connectivity index (χ1n) is 12.4. The molecule has 1 saturated heterocycles. The Morgan fingerprint density at radius 3 is 2.46 bits per heavy atom. The Morgan fingerprint density at radius 1 is 1.10 bits per heavy atom. The van der Waals surface area contributed by atoms with Gasteiger partial charge in [0.05, 0.1) is 31.8 Å². The van der Waals surface area contributed by atoms with Crippen molar-refractivity contribution in [2.24, 2.45) is 0 Å². The van der Waals surface area contributed by atoms with E-state index in [1.54, 1.807) is 24.5 Å². The zero-order valence-electron chi connectivity index (χ0n) is 22.0. The second-order valence-corrected chi connectivity index (χ2v) is 10.2. The van der Waals surface area contributed by atoms with Crippen molar-refractivity contribution >= 4 is 17.7 Å². The number of hydrogen-bond donors (Lipinski definition) is 5. The molecule has 0 spiro atoms. The van der Waals surface area contributed by atoms with Gasteiger partial charge in [-0.2, -0.15) is 0 Å². The molecule has 1 fully saturated rings. The summed E-state index contributed by atoms with van der Waals surface area (Å²) in [7, 11) is 2.87. The first-order chi connectivity index (χ1) is 18.6. The third kappa shape index (κ3) is 5.58. The molecule has 2 aliphatic rings. The van der Waals surface area contributed by atoms with Gasteiger partial charge in [-0.1, -0.05) is 6.07 Å². The molecule has 1 aliphatic carbocycles. The Kier molecular flexibility index (Phi) is 9.04. The summed E-state index contributed by atoms with van der Waals surface area (Å²) in [5.74, 6) is 0.334. The zero-order valence-corrected chi connectivity index (χ0v) is 22.9. The summed E-state index contributed by atoms with van der Waals surface area (Å²) in [5.41, 5.74) is 2.22. The van der Waals surface area contributed by atoms with Gasteiger partial charge in [0.1, 0.15) is 24.4 Å². The number of ether oxygens (including phenoxy) is 4. The van der Waals surface area contributed by atoms with Crippen molar-refractivity contribution in [3.63, 3.8) is 0 Å².